The number of amides is 2. The van der Waals surface area contributed by atoms with E-state index in [4.69, 9.17) is 9.47 Å². The molecule has 1 aliphatic rings. The van der Waals surface area contributed by atoms with Gasteiger partial charge in [0.05, 0.1) is 30.0 Å². The fourth-order valence-corrected chi connectivity index (χ4v) is 8.63. The number of phenolic OH excluding ortho intramolecular Hbond substituents is 1. The number of hydrogen-bond donors (Lipinski definition) is 6. The first-order chi connectivity index (χ1) is 31.1. The van der Waals surface area contributed by atoms with Crippen LogP contribution in [0.15, 0.2) is 137 Å². The van der Waals surface area contributed by atoms with Gasteiger partial charge in [0.15, 0.2) is 18.6 Å². The third-order valence-electron chi connectivity index (χ3n) is 10.9. The van der Waals surface area contributed by atoms with Crippen LogP contribution >= 0.6 is 11.8 Å². The number of unbranched alkanes of at least 4 members (excludes halogenated alkanes) is 1. The minimum absolute atomic E-state index is 0.103. The van der Waals surface area contributed by atoms with Crippen molar-refractivity contribution in [3.05, 3.63) is 155 Å². The Hall–Kier alpha value is -7.19. The molecule has 0 fully saturated rings. The molecule has 1 aromatic heterocycles. The fraction of sp³-hybridized carbons (Fsp3) is 0.176. The van der Waals surface area contributed by atoms with Gasteiger partial charge < -0.3 is 41.0 Å². The van der Waals surface area contributed by atoms with Crippen molar-refractivity contribution in [1.82, 2.24) is 10.3 Å². The SMILES string of the molecule is COc1cccc(Nc2c(C=O)cnc3c(C)cc(Sc4cccc(C(=O)Nc5ccc(-c6ccc(CCCCNCC(O)c7ccc(O)c8c7OCC(=O)N8)cc6)cc5)c4)cc23)c1. The van der Waals surface area contributed by atoms with E-state index >= 15 is 0 Å². The van der Waals surface area contributed by atoms with Crippen LogP contribution in [0.5, 0.6) is 17.2 Å². The lowest BCUT2D eigenvalue weighted by atomic mass is 10.0. The van der Waals surface area contributed by atoms with Gasteiger partial charge in [0, 0.05) is 56.5 Å². The number of benzene rings is 6. The first-order valence-corrected chi connectivity index (χ1v) is 21.7. The molecule has 0 spiro atoms. The molecule has 0 saturated heterocycles. The highest BCUT2D eigenvalue weighted by molar-refractivity contribution is 7.99. The summed E-state index contributed by atoms with van der Waals surface area (Å²) < 4.78 is 10.9. The number of carbonyl (C=O) groups excluding carboxylic acids is 3. The van der Waals surface area contributed by atoms with Crippen molar-refractivity contribution in [2.45, 2.75) is 42.1 Å². The highest BCUT2D eigenvalue weighted by Gasteiger charge is 2.25. The summed E-state index contributed by atoms with van der Waals surface area (Å²) in [5.41, 5.74) is 8.87. The van der Waals surface area contributed by atoms with E-state index in [1.165, 1.54) is 23.4 Å². The van der Waals surface area contributed by atoms with E-state index in [9.17, 15) is 24.6 Å². The number of aliphatic hydroxyl groups is 1. The van der Waals surface area contributed by atoms with Crippen molar-refractivity contribution in [3.8, 4) is 28.4 Å². The number of aliphatic hydroxyl groups excluding tert-OH is 1. The van der Waals surface area contributed by atoms with Gasteiger partial charge in [-0.25, -0.2) is 0 Å². The van der Waals surface area contributed by atoms with Gasteiger partial charge in [-0.15, -0.1) is 0 Å². The number of aromatic hydroxyl groups is 1. The predicted octanol–water partition coefficient (Wildman–Crippen LogP) is 9.86. The predicted molar refractivity (Wildman–Crippen MR) is 252 cm³/mol. The summed E-state index contributed by atoms with van der Waals surface area (Å²) in [7, 11) is 1.61. The second-order valence-corrected chi connectivity index (χ2v) is 16.6. The Morgan fingerprint density at radius 1 is 0.922 bits per heavy atom. The minimum atomic E-state index is -0.860. The molecular formula is C51H47N5O7S. The molecule has 7 aromatic rings. The topological polar surface area (TPSA) is 171 Å². The highest BCUT2D eigenvalue weighted by Crippen LogP contribution is 2.42. The van der Waals surface area contributed by atoms with Gasteiger partial charge in [-0.3, -0.25) is 19.4 Å². The zero-order valence-corrected chi connectivity index (χ0v) is 36.1. The molecule has 0 saturated carbocycles. The molecule has 12 nitrogen and oxygen atoms in total. The Labute approximate surface area is 375 Å². The quantitative estimate of drug-likeness (QED) is 0.0292. The number of fused-ring (bicyclic) bond motifs is 2. The number of pyridine rings is 1. The highest BCUT2D eigenvalue weighted by atomic mass is 32.2. The van der Waals surface area contributed by atoms with Crippen molar-refractivity contribution in [3.63, 3.8) is 0 Å². The lowest BCUT2D eigenvalue weighted by Gasteiger charge is -2.23. The van der Waals surface area contributed by atoms with Gasteiger partial charge in [-0.1, -0.05) is 60.3 Å². The molecule has 324 valence electrons. The monoisotopic (exact) mass is 873 g/mol. The van der Waals surface area contributed by atoms with E-state index in [0.717, 1.165) is 75.2 Å². The fourth-order valence-electron chi connectivity index (χ4n) is 7.61. The van der Waals surface area contributed by atoms with Crippen molar-refractivity contribution in [2.24, 2.45) is 0 Å². The molecule has 6 N–H and O–H groups in total. The number of carbonyl (C=O) groups is 3. The number of aldehydes is 1. The smallest absolute Gasteiger partial charge is 0.262 e. The van der Waals surface area contributed by atoms with Gasteiger partial charge >= 0.3 is 0 Å². The number of phenols is 1. The van der Waals surface area contributed by atoms with Crippen LogP contribution in [0.25, 0.3) is 22.0 Å². The van der Waals surface area contributed by atoms with Crippen molar-refractivity contribution in [1.29, 1.82) is 0 Å². The second kappa shape index (κ2) is 19.9. The van der Waals surface area contributed by atoms with Crippen LogP contribution in [-0.2, 0) is 11.2 Å². The van der Waals surface area contributed by atoms with E-state index in [2.05, 4.69) is 56.6 Å². The molecule has 1 aliphatic heterocycles. The number of hydrogen-bond acceptors (Lipinski definition) is 11. The molecule has 6 aromatic carbocycles. The number of ether oxygens (including phenoxy) is 2. The van der Waals surface area contributed by atoms with E-state index in [-0.39, 0.29) is 29.9 Å². The average Bonchev–Trinajstić information content (AvgIpc) is 3.31. The molecule has 0 radical (unpaired) electrons. The van der Waals surface area contributed by atoms with Crippen LogP contribution in [0.1, 0.15) is 56.4 Å². The van der Waals surface area contributed by atoms with Gasteiger partial charge in [-0.2, -0.15) is 0 Å². The van der Waals surface area contributed by atoms with E-state index in [1.807, 2.05) is 79.7 Å². The van der Waals surface area contributed by atoms with Gasteiger partial charge in [-0.05, 0) is 122 Å². The largest absolute Gasteiger partial charge is 0.506 e. The maximum absolute atomic E-state index is 13.5. The third-order valence-corrected chi connectivity index (χ3v) is 11.9. The zero-order chi connectivity index (χ0) is 44.6. The number of aryl methyl sites for hydroxylation is 2. The standard InChI is InChI=1S/C51H47N5O7S/c1-31-23-41(26-43-47(31)53-27-36(29-57)48(43)54-38-9-6-10-39(25-38)62-2)64-40-11-5-8-35(24-40)51(61)55-37-18-16-34(17-19-37)33-14-12-32(13-15-33)7-3-4-22-52-28-45(59)42-20-21-44(58)49-50(42)63-30-46(60)56-49/h5-6,8-21,23-27,29,45,52,58-59H,3-4,7,22,28,30H2,1-2H3,(H,53,54)(H,55,61)(H,56,60). The summed E-state index contributed by atoms with van der Waals surface area (Å²) in [4.78, 5) is 43.7. The second-order valence-electron chi connectivity index (χ2n) is 15.4. The molecule has 1 atom stereocenters. The van der Waals surface area contributed by atoms with Crippen LogP contribution in [0.2, 0.25) is 0 Å². The molecule has 13 heteroatoms. The van der Waals surface area contributed by atoms with E-state index in [0.29, 0.717) is 46.1 Å². The summed E-state index contributed by atoms with van der Waals surface area (Å²) in [5, 5.41) is 34.0. The Morgan fingerprint density at radius 3 is 2.48 bits per heavy atom. The lowest BCUT2D eigenvalue weighted by molar-refractivity contribution is -0.118. The molecule has 0 aliphatic carbocycles. The summed E-state index contributed by atoms with van der Waals surface area (Å²) in [5.74, 6) is 0.323. The maximum Gasteiger partial charge on any atom is 0.262 e. The van der Waals surface area contributed by atoms with Gasteiger partial charge in [0.25, 0.3) is 11.8 Å². The van der Waals surface area contributed by atoms with Crippen LogP contribution in [-0.4, -0.2) is 60.1 Å². The lowest BCUT2D eigenvalue weighted by Crippen LogP contribution is -2.28. The van der Waals surface area contributed by atoms with Crippen molar-refractivity contribution < 1.29 is 34.1 Å². The van der Waals surface area contributed by atoms with E-state index < -0.39 is 6.10 Å². The Balaban J connectivity index is 0.829. The first-order valence-electron chi connectivity index (χ1n) is 20.9. The van der Waals surface area contributed by atoms with Gasteiger partial charge in [0.1, 0.15) is 17.2 Å². The average molecular weight is 874 g/mol. The van der Waals surface area contributed by atoms with E-state index in [1.54, 1.807) is 25.4 Å². The first kappa shape index (κ1) is 43.5. The number of aromatic nitrogens is 1. The molecule has 64 heavy (non-hydrogen) atoms. The Kier molecular flexibility index (Phi) is 13.5. The third kappa shape index (κ3) is 10.2. The number of nitrogens with zero attached hydrogens (tertiary/aromatic N) is 1. The normalized spacial score (nSPS) is 12.5. The summed E-state index contributed by atoms with van der Waals surface area (Å²) in [6.45, 7) is 2.86. The number of methoxy groups -OCH3 is 1. The van der Waals surface area contributed by atoms with Crippen LogP contribution in [0.4, 0.5) is 22.7 Å². The van der Waals surface area contributed by atoms with Crippen molar-refractivity contribution >= 4 is 63.5 Å². The number of nitrogens with one attached hydrogen (secondary N) is 4. The molecule has 8 rings (SSSR count). The molecule has 2 amide bonds. The molecule has 2 heterocycles. The van der Waals surface area contributed by atoms with Crippen molar-refractivity contribution in [2.75, 3.05) is 42.8 Å². The summed E-state index contributed by atoms with van der Waals surface area (Å²) >= 11 is 1.53. The Bertz CT molecular complexity index is 2830. The summed E-state index contributed by atoms with van der Waals surface area (Å²) in [6, 6.07) is 38.4. The Morgan fingerprint density at radius 2 is 1.70 bits per heavy atom. The van der Waals surface area contributed by atoms with Crippen LogP contribution in [0, 0.1) is 6.92 Å². The van der Waals surface area contributed by atoms with Gasteiger partial charge in [0.2, 0.25) is 0 Å². The number of anilines is 4. The minimum Gasteiger partial charge on any atom is -0.506 e. The zero-order valence-electron chi connectivity index (χ0n) is 35.3. The molecule has 0 bridgehead atoms. The maximum atomic E-state index is 13.5. The molecular weight excluding hydrogens is 827 g/mol. The van der Waals surface area contributed by atoms with Crippen LogP contribution < -0.4 is 30.7 Å². The number of rotatable bonds is 17. The summed E-state index contributed by atoms with van der Waals surface area (Å²) in [6.07, 6.45) is 4.33. The van der Waals surface area contributed by atoms with Crippen LogP contribution in [0.3, 0.4) is 0 Å². The molecule has 1 unspecified atom stereocenters.